The number of hydrogen-bond acceptors (Lipinski definition) is 4. The Morgan fingerprint density at radius 2 is 2.23 bits per heavy atom. The summed E-state index contributed by atoms with van der Waals surface area (Å²) in [5, 5.41) is 19.0. The predicted octanol–water partition coefficient (Wildman–Crippen LogP) is 0.996. The minimum absolute atomic E-state index is 0.118. The first kappa shape index (κ1) is 9.11. The lowest BCUT2D eigenvalue weighted by Crippen LogP contribution is -2.03. The summed E-state index contributed by atoms with van der Waals surface area (Å²) in [6, 6.07) is 0. The third kappa shape index (κ3) is 1.61. The number of nitro groups is 1. The zero-order chi connectivity index (χ0) is 10.0. The average molecular weight is 182 g/mol. The van der Waals surface area contributed by atoms with Gasteiger partial charge in [0.15, 0.2) is 0 Å². The molecule has 1 N–H and O–H groups in total. The highest BCUT2D eigenvalue weighted by molar-refractivity contribution is 5.89. The molecule has 0 saturated heterocycles. The second kappa shape index (κ2) is 3.18. The topological polar surface area (TPSA) is 93.3 Å². The van der Waals surface area contributed by atoms with Crippen LogP contribution in [0.2, 0.25) is 0 Å². The Labute approximate surface area is 73.0 Å². The zero-order valence-corrected chi connectivity index (χ0v) is 6.72. The van der Waals surface area contributed by atoms with Crippen LogP contribution in [0.4, 0.5) is 5.69 Å². The van der Waals surface area contributed by atoms with E-state index in [4.69, 9.17) is 5.11 Å². The number of aromatic carboxylic acids is 1. The van der Waals surface area contributed by atoms with Crippen molar-refractivity contribution in [3.63, 3.8) is 0 Å². The highest BCUT2D eigenvalue weighted by Gasteiger charge is 2.17. The van der Waals surface area contributed by atoms with Crippen LogP contribution in [0.5, 0.6) is 0 Å². The Bertz CT molecular complexity index is 343. The van der Waals surface area contributed by atoms with Crippen LogP contribution in [0.25, 0.3) is 0 Å². The van der Waals surface area contributed by atoms with Crippen LogP contribution in [-0.4, -0.2) is 21.0 Å². The molecule has 1 aromatic rings. The number of rotatable bonds is 2. The van der Waals surface area contributed by atoms with Crippen molar-refractivity contribution in [2.75, 3.05) is 0 Å². The van der Waals surface area contributed by atoms with Gasteiger partial charge in [0.05, 0.1) is 10.5 Å². The summed E-state index contributed by atoms with van der Waals surface area (Å²) < 4.78 is 0. The van der Waals surface area contributed by atoms with Crippen LogP contribution in [0.3, 0.4) is 0 Å². The molecule has 13 heavy (non-hydrogen) atoms. The molecule has 6 heteroatoms. The molecule has 0 aromatic carbocycles. The number of aromatic nitrogens is 1. The smallest absolute Gasteiger partial charge is 0.337 e. The highest BCUT2D eigenvalue weighted by atomic mass is 16.6. The van der Waals surface area contributed by atoms with Crippen LogP contribution in [0, 0.1) is 17.0 Å². The van der Waals surface area contributed by atoms with Gasteiger partial charge in [-0.05, 0) is 6.92 Å². The summed E-state index contributed by atoms with van der Waals surface area (Å²) >= 11 is 0. The molecule has 1 rings (SSSR count). The Balaban J connectivity index is 3.35. The van der Waals surface area contributed by atoms with E-state index >= 15 is 0 Å². The van der Waals surface area contributed by atoms with E-state index in [0.29, 0.717) is 0 Å². The SMILES string of the molecule is Cc1c(C(=O)O)cncc1[N+](=O)[O-]. The third-order valence-electron chi connectivity index (χ3n) is 1.62. The van der Waals surface area contributed by atoms with Crippen molar-refractivity contribution in [2.24, 2.45) is 0 Å². The molecule has 0 aliphatic heterocycles. The number of pyridine rings is 1. The number of carboxylic acids is 1. The van der Waals surface area contributed by atoms with Gasteiger partial charge in [-0.25, -0.2) is 4.79 Å². The van der Waals surface area contributed by atoms with Crippen molar-refractivity contribution in [1.82, 2.24) is 4.98 Å². The first-order chi connectivity index (χ1) is 6.04. The molecule has 6 nitrogen and oxygen atoms in total. The summed E-state index contributed by atoms with van der Waals surface area (Å²) in [4.78, 5) is 23.7. The molecule has 1 heterocycles. The first-order valence-corrected chi connectivity index (χ1v) is 3.36. The second-order valence-corrected chi connectivity index (χ2v) is 2.39. The van der Waals surface area contributed by atoms with Gasteiger partial charge in [-0.3, -0.25) is 15.1 Å². The molecular formula is C7H6N2O4. The number of carbonyl (C=O) groups is 1. The maximum atomic E-state index is 10.5. The molecule has 0 amide bonds. The fraction of sp³-hybridized carbons (Fsp3) is 0.143. The third-order valence-corrected chi connectivity index (χ3v) is 1.62. The Kier molecular flexibility index (Phi) is 2.23. The molecule has 0 saturated carbocycles. The molecule has 1 aromatic heterocycles. The lowest BCUT2D eigenvalue weighted by atomic mass is 10.1. The maximum Gasteiger partial charge on any atom is 0.337 e. The summed E-state index contributed by atoms with van der Waals surface area (Å²) in [5.41, 5.74) is -0.304. The van der Waals surface area contributed by atoms with Crippen molar-refractivity contribution in [3.05, 3.63) is 33.6 Å². The fourth-order valence-electron chi connectivity index (χ4n) is 0.914. The van der Waals surface area contributed by atoms with Crippen molar-refractivity contribution >= 4 is 11.7 Å². The lowest BCUT2D eigenvalue weighted by Gasteiger charge is -1.99. The van der Waals surface area contributed by atoms with Gasteiger partial charge in [0, 0.05) is 11.8 Å². The number of carboxylic acid groups (broad SMARTS) is 1. The van der Waals surface area contributed by atoms with Gasteiger partial charge in [-0.2, -0.15) is 0 Å². The van der Waals surface area contributed by atoms with Crippen molar-refractivity contribution in [1.29, 1.82) is 0 Å². The monoisotopic (exact) mass is 182 g/mol. The van der Waals surface area contributed by atoms with E-state index in [-0.39, 0.29) is 16.8 Å². The summed E-state index contributed by atoms with van der Waals surface area (Å²) in [6.07, 6.45) is 2.12. The molecule has 0 fully saturated rings. The Hall–Kier alpha value is -1.98. The lowest BCUT2D eigenvalue weighted by molar-refractivity contribution is -0.385. The predicted molar refractivity (Wildman–Crippen MR) is 42.6 cm³/mol. The van der Waals surface area contributed by atoms with Crippen molar-refractivity contribution in [3.8, 4) is 0 Å². The summed E-state index contributed by atoms with van der Waals surface area (Å²) in [5.74, 6) is -1.21. The minimum Gasteiger partial charge on any atom is -0.478 e. The van der Waals surface area contributed by atoms with E-state index in [9.17, 15) is 14.9 Å². The van der Waals surface area contributed by atoms with E-state index < -0.39 is 10.9 Å². The number of hydrogen-bond donors (Lipinski definition) is 1. The molecule has 0 radical (unpaired) electrons. The standard InChI is InChI=1S/C7H6N2O4/c1-4-5(7(10)11)2-8-3-6(4)9(12)13/h2-3H,1H3,(H,10,11). The largest absolute Gasteiger partial charge is 0.478 e. The molecule has 68 valence electrons. The minimum atomic E-state index is -1.21. The van der Waals surface area contributed by atoms with Gasteiger partial charge in [-0.15, -0.1) is 0 Å². The normalized spacial score (nSPS) is 9.62. The molecule has 0 atom stereocenters. The zero-order valence-electron chi connectivity index (χ0n) is 6.72. The van der Waals surface area contributed by atoms with Gasteiger partial charge in [0.25, 0.3) is 5.69 Å². The maximum absolute atomic E-state index is 10.5. The van der Waals surface area contributed by atoms with Crippen LogP contribution in [0.1, 0.15) is 15.9 Å². The van der Waals surface area contributed by atoms with Gasteiger partial charge in [0.2, 0.25) is 0 Å². The van der Waals surface area contributed by atoms with Crippen molar-refractivity contribution < 1.29 is 14.8 Å². The Morgan fingerprint density at radius 1 is 1.62 bits per heavy atom. The summed E-state index contributed by atoms with van der Waals surface area (Å²) in [7, 11) is 0. The van der Waals surface area contributed by atoms with E-state index in [0.717, 1.165) is 12.4 Å². The average Bonchev–Trinajstić information content (AvgIpc) is 2.03. The van der Waals surface area contributed by atoms with E-state index in [1.807, 2.05) is 0 Å². The van der Waals surface area contributed by atoms with Crippen LogP contribution in [-0.2, 0) is 0 Å². The summed E-state index contributed by atoms with van der Waals surface area (Å²) in [6.45, 7) is 1.38. The second-order valence-electron chi connectivity index (χ2n) is 2.39. The molecule has 0 unspecified atom stereocenters. The fourth-order valence-corrected chi connectivity index (χ4v) is 0.914. The van der Waals surface area contributed by atoms with Crippen LogP contribution in [0.15, 0.2) is 12.4 Å². The molecule has 0 aliphatic rings. The van der Waals surface area contributed by atoms with Crippen molar-refractivity contribution in [2.45, 2.75) is 6.92 Å². The molecule has 0 aliphatic carbocycles. The molecular weight excluding hydrogens is 176 g/mol. The van der Waals surface area contributed by atoms with Gasteiger partial charge in [0.1, 0.15) is 6.20 Å². The molecule has 0 spiro atoms. The number of nitrogens with zero attached hydrogens (tertiary/aromatic N) is 2. The van der Waals surface area contributed by atoms with E-state index in [1.54, 1.807) is 0 Å². The first-order valence-electron chi connectivity index (χ1n) is 3.36. The quantitative estimate of drug-likeness (QED) is 0.543. The van der Waals surface area contributed by atoms with E-state index in [1.165, 1.54) is 6.92 Å². The van der Waals surface area contributed by atoms with Gasteiger partial charge in [-0.1, -0.05) is 0 Å². The van der Waals surface area contributed by atoms with E-state index in [2.05, 4.69) is 4.98 Å². The van der Waals surface area contributed by atoms with Crippen LogP contribution < -0.4 is 0 Å². The van der Waals surface area contributed by atoms with Crippen LogP contribution >= 0.6 is 0 Å². The highest BCUT2D eigenvalue weighted by Crippen LogP contribution is 2.18. The Morgan fingerprint density at radius 3 is 2.69 bits per heavy atom. The van der Waals surface area contributed by atoms with Gasteiger partial charge < -0.3 is 5.11 Å². The van der Waals surface area contributed by atoms with Gasteiger partial charge >= 0.3 is 5.97 Å². The molecule has 0 bridgehead atoms.